The Hall–Kier alpha value is 0.0800. The van der Waals surface area contributed by atoms with Gasteiger partial charge in [-0.05, 0) is 0 Å². The van der Waals surface area contributed by atoms with Crippen LogP contribution in [0.15, 0.2) is 0 Å². The van der Waals surface area contributed by atoms with Crippen LogP contribution >= 0.6 is 0 Å². The molecule has 3 unspecified atom stereocenters. The van der Waals surface area contributed by atoms with Crippen molar-refractivity contribution in [1.29, 1.82) is 0 Å². The van der Waals surface area contributed by atoms with E-state index in [9.17, 15) is 39.6 Å². The molecule has 2 fully saturated rings. The molecule has 4 rings (SSSR count). The molecule has 2 aliphatic heterocycles. The van der Waals surface area contributed by atoms with Crippen molar-refractivity contribution in [3.05, 3.63) is 22.8 Å². The zero-order valence-electron chi connectivity index (χ0n) is 18.5. The third-order valence-electron chi connectivity index (χ3n) is 4.79. The van der Waals surface area contributed by atoms with Gasteiger partial charge in [0.2, 0.25) is 0 Å². The van der Waals surface area contributed by atoms with Crippen molar-refractivity contribution in [2.45, 2.75) is 24.3 Å². The molecule has 0 aromatic carbocycles. The molecule has 0 bridgehead atoms. The fourth-order valence-electron chi connectivity index (χ4n) is 3.59. The maximum Gasteiger partial charge on any atom is 1.00 e. The van der Waals surface area contributed by atoms with Crippen molar-refractivity contribution < 1.29 is 167 Å². The van der Waals surface area contributed by atoms with Crippen molar-refractivity contribution in [2.24, 2.45) is 0 Å². The molecule has 0 aliphatic carbocycles. The first-order valence-corrected chi connectivity index (χ1v) is 8.21. The molecule has 4 heterocycles. The van der Waals surface area contributed by atoms with E-state index in [0.717, 1.165) is 9.36 Å². The van der Waals surface area contributed by atoms with Crippen molar-refractivity contribution in [3.8, 4) is 0 Å². The average molecular weight is 512 g/mol. The Morgan fingerprint density at radius 1 is 0.647 bits per heavy atom. The minimum absolute atomic E-state index is 0. The van der Waals surface area contributed by atoms with Gasteiger partial charge in [0.05, 0.1) is 37.1 Å². The molecule has 2 aromatic rings. The number of carbonyl (C=O) groups excluding carboxylic acids is 4. The van der Waals surface area contributed by atoms with Gasteiger partial charge in [-0.1, -0.05) is 10.4 Å². The third kappa shape index (κ3) is 5.96. The van der Waals surface area contributed by atoms with Gasteiger partial charge in [-0.2, -0.15) is 0 Å². The smallest absolute Gasteiger partial charge is 0.543 e. The Morgan fingerprint density at radius 2 is 0.971 bits per heavy atom. The molecule has 2 aromatic heterocycles. The number of rotatable bonds is 6. The molecule has 0 spiro atoms. The van der Waals surface area contributed by atoms with E-state index >= 15 is 0 Å². The van der Waals surface area contributed by atoms with Crippen LogP contribution in [-0.2, 0) is 9.47 Å². The summed E-state index contributed by atoms with van der Waals surface area (Å²) in [6.45, 7) is -0.435. The van der Waals surface area contributed by atoms with Gasteiger partial charge in [-0.15, -0.1) is 10.2 Å². The van der Waals surface area contributed by atoms with E-state index in [2.05, 4.69) is 20.6 Å². The topological polar surface area (TPSA) is 240 Å². The van der Waals surface area contributed by atoms with Crippen LogP contribution in [0.25, 0.3) is 0 Å². The number of hydrogen-bond donors (Lipinski definition) is 0. The fourth-order valence-corrected chi connectivity index (χ4v) is 3.59. The zero-order valence-corrected chi connectivity index (χ0v) is 26.5. The van der Waals surface area contributed by atoms with Crippen LogP contribution in [0.3, 0.4) is 0 Å². The molecule has 2 aliphatic rings. The van der Waals surface area contributed by atoms with Crippen molar-refractivity contribution >= 4 is 23.9 Å². The predicted molar refractivity (Wildman–Crippen MR) is 74.9 cm³/mol. The van der Waals surface area contributed by atoms with Gasteiger partial charge in [0, 0.05) is 0 Å². The van der Waals surface area contributed by atoms with Crippen LogP contribution < -0.4 is 139 Å². The van der Waals surface area contributed by atoms with Gasteiger partial charge in [-0.3, -0.25) is 0 Å². The van der Waals surface area contributed by atoms with Crippen molar-refractivity contribution in [1.82, 2.24) is 30.0 Å². The Balaban J connectivity index is 0.00000272. The summed E-state index contributed by atoms with van der Waals surface area (Å²) in [6, 6.07) is -1.94. The van der Waals surface area contributed by atoms with E-state index in [0.29, 0.717) is 0 Å². The number of aromatic nitrogens is 6. The molecule has 0 saturated carbocycles. The van der Waals surface area contributed by atoms with Crippen LogP contribution in [-0.4, -0.2) is 79.3 Å². The number of aromatic carboxylic acids is 4. The van der Waals surface area contributed by atoms with Crippen LogP contribution in [0, 0.1) is 0 Å². The summed E-state index contributed by atoms with van der Waals surface area (Å²) in [4.78, 5) is 44.9. The molecular formula is C14H8N6Na4O10. The molecule has 20 heteroatoms. The molecule has 158 valence electrons. The summed E-state index contributed by atoms with van der Waals surface area (Å²) < 4.78 is 12.6. The zero-order chi connectivity index (χ0) is 21.7. The van der Waals surface area contributed by atoms with E-state index in [1.54, 1.807) is 0 Å². The molecule has 0 amide bonds. The minimum Gasteiger partial charge on any atom is -0.543 e. The van der Waals surface area contributed by atoms with Crippen molar-refractivity contribution in [3.63, 3.8) is 0 Å². The maximum atomic E-state index is 11.4. The summed E-state index contributed by atoms with van der Waals surface area (Å²) in [5.41, 5.74) is -3.59. The minimum atomic E-state index is -1.88. The van der Waals surface area contributed by atoms with Gasteiger partial charge in [0.15, 0.2) is 0 Å². The van der Waals surface area contributed by atoms with Gasteiger partial charge in [-0.25, -0.2) is 9.36 Å². The van der Waals surface area contributed by atoms with Gasteiger partial charge < -0.3 is 49.1 Å². The number of carbonyl (C=O) groups is 4. The molecule has 0 N–H and O–H groups in total. The number of ether oxygens (including phenoxy) is 2. The van der Waals surface area contributed by atoms with Gasteiger partial charge >= 0.3 is 118 Å². The van der Waals surface area contributed by atoms with E-state index < -0.39 is 70.9 Å². The molecule has 0 radical (unpaired) electrons. The summed E-state index contributed by atoms with van der Waals surface area (Å²) in [5.74, 6) is -7.49. The predicted octanol–water partition coefficient (Wildman–Crippen LogP) is -19.1. The summed E-state index contributed by atoms with van der Waals surface area (Å²) >= 11 is 0. The molecule has 34 heavy (non-hydrogen) atoms. The molecule has 16 nitrogen and oxygen atoms in total. The fraction of sp³-hybridized carbons (Fsp3) is 0.429. The summed E-state index contributed by atoms with van der Waals surface area (Å²) in [5, 5.41) is 58.5. The van der Waals surface area contributed by atoms with Crippen LogP contribution in [0.2, 0.25) is 0 Å². The number of carboxylic acids is 4. The second-order valence-electron chi connectivity index (χ2n) is 6.34. The Morgan fingerprint density at radius 3 is 1.24 bits per heavy atom. The Bertz CT molecular complexity index is 1010. The third-order valence-corrected chi connectivity index (χ3v) is 4.79. The Labute approximate surface area is 277 Å². The van der Waals surface area contributed by atoms with E-state index in [4.69, 9.17) is 9.47 Å². The normalized spacial score (nSPS) is 22.2. The summed E-state index contributed by atoms with van der Waals surface area (Å²) in [7, 11) is 0. The van der Waals surface area contributed by atoms with Crippen LogP contribution in [0.4, 0.5) is 0 Å². The van der Waals surface area contributed by atoms with Crippen LogP contribution in [0.5, 0.6) is 0 Å². The molecular weight excluding hydrogens is 504 g/mol. The second-order valence-corrected chi connectivity index (χ2v) is 6.34. The number of hydrogen-bond acceptors (Lipinski definition) is 14. The van der Waals surface area contributed by atoms with Gasteiger partial charge in [0.1, 0.15) is 47.1 Å². The number of nitrogens with zero attached hydrogens (tertiary/aromatic N) is 6. The maximum absolute atomic E-state index is 11.4. The first-order valence-electron chi connectivity index (χ1n) is 8.21. The second kappa shape index (κ2) is 13.6. The van der Waals surface area contributed by atoms with E-state index in [-0.39, 0.29) is 131 Å². The monoisotopic (exact) mass is 512 g/mol. The van der Waals surface area contributed by atoms with Crippen molar-refractivity contribution in [2.75, 3.05) is 13.2 Å². The summed E-state index contributed by atoms with van der Waals surface area (Å²) in [6.07, 6.45) is -1.87. The standard InChI is InChI=1S/C14H12N6O10.4Na/c21-11(22)5-7(13(25)26)19(17-15-5)3-1-29-10-4(2-30-9(3)10)20-8(14(27)28)6(12(23)24)16-18-20;;;;/h3-4,9-10H,1-2H2,(H,21,22)(H,23,24)(H,25,26)(H,27,28);;;;/q;4*+1/p-4/t3-,4?,9?,10?;;;;/m1..../s1. The quantitative estimate of drug-likeness (QED) is 0.327. The number of fused-ring (bicyclic) bond motifs is 1. The largest absolute Gasteiger partial charge is 1.00 e. The SMILES string of the molecule is O=C([O-])c1nnn(C2COC3C2OC[C@H]3n2nnc(C(=O)[O-])c2C(=O)[O-])c1C(=O)[O-].[Na+].[Na+].[Na+].[Na+]. The van der Waals surface area contributed by atoms with E-state index in [1.807, 2.05) is 0 Å². The first-order chi connectivity index (χ1) is 14.2. The molecule has 4 atom stereocenters. The Kier molecular flexibility index (Phi) is 13.6. The van der Waals surface area contributed by atoms with Gasteiger partial charge in [0.25, 0.3) is 0 Å². The van der Waals surface area contributed by atoms with Crippen LogP contribution in [0.1, 0.15) is 54.0 Å². The van der Waals surface area contributed by atoms with E-state index in [1.165, 1.54) is 0 Å². The number of carboxylic acid groups (broad SMARTS) is 4. The molecule has 2 saturated heterocycles. The average Bonchev–Trinajstić information content (AvgIpc) is 3.41. The first kappa shape index (κ1) is 34.1.